The summed E-state index contributed by atoms with van der Waals surface area (Å²) in [6.07, 6.45) is 0.496. The van der Waals surface area contributed by atoms with E-state index in [4.69, 9.17) is 5.73 Å². The van der Waals surface area contributed by atoms with Gasteiger partial charge in [-0.15, -0.1) is 0 Å². The fraction of sp³-hybridized carbons (Fsp3) is 0.429. The molecule has 2 heterocycles. The van der Waals surface area contributed by atoms with E-state index in [2.05, 4.69) is 10.1 Å². The molecule has 0 radical (unpaired) electrons. The number of halogens is 1. The SMILES string of the molecule is NC1CC=C(CNC(=O)c2cccc(F)c2)CN(CC(=O)CC2CC(=O)OC2O)C1=O. The van der Waals surface area contributed by atoms with Gasteiger partial charge < -0.3 is 25.8 Å². The first-order valence-corrected chi connectivity index (χ1v) is 9.88. The largest absolute Gasteiger partial charge is 0.436 e. The second kappa shape index (κ2) is 9.80. The Kier molecular flexibility index (Phi) is 7.13. The number of ketones is 1. The Hall–Kier alpha value is -3.11. The molecule has 2 aliphatic heterocycles. The van der Waals surface area contributed by atoms with Crippen molar-refractivity contribution in [3.63, 3.8) is 0 Å². The highest BCUT2D eigenvalue weighted by Crippen LogP contribution is 2.24. The van der Waals surface area contributed by atoms with Crippen LogP contribution >= 0.6 is 0 Å². The lowest BCUT2D eigenvalue weighted by atomic mass is 10.00. The molecule has 1 saturated heterocycles. The van der Waals surface area contributed by atoms with E-state index in [1.807, 2.05) is 0 Å². The fourth-order valence-corrected chi connectivity index (χ4v) is 3.54. The van der Waals surface area contributed by atoms with Crippen LogP contribution in [0, 0.1) is 11.7 Å². The van der Waals surface area contributed by atoms with Crippen LogP contribution < -0.4 is 11.1 Å². The van der Waals surface area contributed by atoms with Gasteiger partial charge in [0.25, 0.3) is 5.91 Å². The van der Waals surface area contributed by atoms with E-state index in [-0.39, 0.29) is 50.2 Å². The summed E-state index contributed by atoms with van der Waals surface area (Å²) in [4.78, 5) is 49.7. The van der Waals surface area contributed by atoms with Crippen molar-refractivity contribution in [2.75, 3.05) is 19.6 Å². The monoisotopic (exact) mass is 433 g/mol. The summed E-state index contributed by atoms with van der Waals surface area (Å²) in [5, 5.41) is 12.3. The molecule has 9 nitrogen and oxygen atoms in total. The predicted molar refractivity (Wildman–Crippen MR) is 106 cm³/mol. The minimum Gasteiger partial charge on any atom is -0.436 e. The number of amides is 2. The quantitative estimate of drug-likeness (QED) is 0.402. The molecule has 0 aliphatic carbocycles. The fourth-order valence-electron chi connectivity index (χ4n) is 3.54. The van der Waals surface area contributed by atoms with Gasteiger partial charge in [0.05, 0.1) is 19.0 Å². The highest BCUT2D eigenvalue weighted by Gasteiger charge is 2.35. The van der Waals surface area contributed by atoms with Gasteiger partial charge in [0.2, 0.25) is 12.2 Å². The van der Waals surface area contributed by atoms with Crippen molar-refractivity contribution in [1.82, 2.24) is 10.2 Å². The lowest BCUT2D eigenvalue weighted by Crippen LogP contribution is -2.45. The number of hydrogen-bond acceptors (Lipinski definition) is 7. The number of carbonyl (C=O) groups is 4. The first-order chi connectivity index (χ1) is 14.7. The number of ether oxygens (including phenoxy) is 1. The smallest absolute Gasteiger partial charge is 0.308 e. The minimum absolute atomic E-state index is 0.0579. The number of Topliss-reactive ketones (excluding diaryl/α,β-unsaturated/α-hetero) is 1. The summed E-state index contributed by atoms with van der Waals surface area (Å²) < 4.78 is 17.9. The second-order valence-corrected chi connectivity index (χ2v) is 7.68. The van der Waals surface area contributed by atoms with Gasteiger partial charge in [-0.3, -0.25) is 19.2 Å². The number of esters is 1. The zero-order valence-corrected chi connectivity index (χ0v) is 16.8. The molecule has 0 saturated carbocycles. The van der Waals surface area contributed by atoms with Crippen molar-refractivity contribution >= 4 is 23.6 Å². The van der Waals surface area contributed by atoms with Gasteiger partial charge >= 0.3 is 5.97 Å². The molecule has 0 spiro atoms. The Labute approximate surface area is 178 Å². The zero-order chi connectivity index (χ0) is 22.5. The lowest BCUT2D eigenvalue weighted by molar-refractivity contribution is -0.156. The van der Waals surface area contributed by atoms with E-state index in [0.29, 0.717) is 5.57 Å². The number of nitrogens with zero attached hydrogens (tertiary/aromatic N) is 1. The molecule has 2 aliphatic rings. The van der Waals surface area contributed by atoms with Crippen molar-refractivity contribution in [3.8, 4) is 0 Å². The van der Waals surface area contributed by atoms with Gasteiger partial charge in [-0.05, 0) is 30.2 Å². The van der Waals surface area contributed by atoms with Crippen LogP contribution in [-0.2, 0) is 19.1 Å². The predicted octanol–water partition coefficient (Wildman–Crippen LogP) is -0.118. The van der Waals surface area contributed by atoms with Crippen molar-refractivity contribution in [3.05, 3.63) is 47.3 Å². The Balaban J connectivity index is 1.59. The maximum Gasteiger partial charge on any atom is 0.308 e. The average molecular weight is 433 g/mol. The number of aliphatic hydroxyl groups excluding tert-OH is 1. The summed E-state index contributed by atoms with van der Waals surface area (Å²) >= 11 is 0. The summed E-state index contributed by atoms with van der Waals surface area (Å²) in [5.74, 6) is -2.96. The molecule has 3 rings (SSSR count). The minimum atomic E-state index is -1.33. The summed E-state index contributed by atoms with van der Waals surface area (Å²) in [5.41, 5.74) is 6.74. The molecular weight excluding hydrogens is 409 g/mol. The van der Waals surface area contributed by atoms with Gasteiger partial charge in [0, 0.05) is 31.0 Å². The number of benzene rings is 1. The molecule has 4 N–H and O–H groups in total. The van der Waals surface area contributed by atoms with Gasteiger partial charge in [-0.1, -0.05) is 12.1 Å². The maximum absolute atomic E-state index is 13.3. The third-order valence-electron chi connectivity index (χ3n) is 5.19. The summed E-state index contributed by atoms with van der Waals surface area (Å²) in [6.45, 7) is -0.0484. The van der Waals surface area contributed by atoms with Crippen LogP contribution in [-0.4, -0.2) is 65.5 Å². The molecule has 0 aromatic heterocycles. The molecule has 10 heteroatoms. The van der Waals surface area contributed by atoms with Crippen molar-refractivity contribution < 1.29 is 33.4 Å². The normalized spacial score (nSPS) is 23.8. The number of nitrogens with two attached hydrogens (primary N) is 1. The number of rotatable bonds is 7. The second-order valence-electron chi connectivity index (χ2n) is 7.68. The molecular formula is C21H24FN3O6. The first-order valence-electron chi connectivity index (χ1n) is 9.88. The summed E-state index contributed by atoms with van der Waals surface area (Å²) in [7, 11) is 0. The Morgan fingerprint density at radius 1 is 1.32 bits per heavy atom. The highest BCUT2D eigenvalue weighted by atomic mass is 19.1. The van der Waals surface area contributed by atoms with Crippen molar-refractivity contribution in [2.45, 2.75) is 31.6 Å². The Morgan fingerprint density at radius 2 is 2.10 bits per heavy atom. The van der Waals surface area contributed by atoms with E-state index in [1.54, 1.807) is 6.08 Å². The van der Waals surface area contributed by atoms with Gasteiger partial charge in [0.15, 0.2) is 5.78 Å². The average Bonchev–Trinajstić information content (AvgIpc) is 2.97. The van der Waals surface area contributed by atoms with Crippen LogP contribution in [0.3, 0.4) is 0 Å². The number of carbonyl (C=O) groups excluding carboxylic acids is 4. The van der Waals surface area contributed by atoms with E-state index < -0.39 is 41.9 Å². The topological polar surface area (TPSA) is 139 Å². The molecule has 0 bridgehead atoms. The highest BCUT2D eigenvalue weighted by molar-refractivity contribution is 5.94. The number of cyclic esters (lactones) is 1. The molecule has 31 heavy (non-hydrogen) atoms. The molecule has 3 atom stereocenters. The first kappa shape index (κ1) is 22.6. The zero-order valence-electron chi connectivity index (χ0n) is 16.8. The third kappa shape index (κ3) is 5.96. The van der Waals surface area contributed by atoms with Gasteiger partial charge in [-0.25, -0.2) is 4.39 Å². The van der Waals surface area contributed by atoms with Crippen molar-refractivity contribution in [2.24, 2.45) is 11.7 Å². The Morgan fingerprint density at radius 3 is 2.77 bits per heavy atom. The van der Waals surface area contributed by atoms with Crippen LogP contribution in [0.25, 0.3) is 0 Å². The number of hydrogen-bond donors (Lipinski definition) is 3. The summed E-state index contributed by atoms with van der Waals surface area (Å²) in [6, 6.07) is 4.44. The number of aliphatic hydroxyl groups is 1. The standard InChI is InChI=1S/C21H24FN3O6/c22-15-3-1-2-13(6-15)19(28)24-9-12-4-5-17(23)20(29)25(10-12)11-16(26)7-14-8-18(27)31-21(14)30/h1-4,6,14,17,21,30H,5,7-11,23H2,(H,24,28). The van der Waals surface area contributed by atoms with Gasteiger partial charge in [-0.2, -0.15) is 0 Å². The van der Waals surface area contributed by atoms with E-state index in [1.165, 1.54) is 23.1 Å². The van der Waals surface area contributed by atoms with Crippen molar-refractivity contribution in [1.29, 1.82) is 0 Å². The van der Waals surface area contributed by atoms with Crippen LogP contribution in [0.4, 0.5) is 4.39 Å². The maximum atomic E-state index is 13.3. The van der Waals surface area contributed by atoms with E-state index in [9.17, 15) is 28.7 Å². The molecule has 1 aromatic rings. The number of nitrogens with one attached hydrogen (secondary N) is 1. The molecule has 2 amide bonds. The Bertz CT molecular complexity index is 918. The lowest BCUT2D eigenvalue weighted by Gasteiger charge is -2.24. The molecule has 166 valence electrons. The van der Waals surface area contributed by atoms with Crippen LogP contribution in [0.15, 0.2) is 35.9 Å². The van der Waals surface area contributed by atoms with Crippen LogP contribution in [0.5, 0.6) is 0 Å². The van der Waals surface area contributed by atoms with E-state index in [0.717, 1.165) is 6.07 Å². The van der Waals surface area contributed by atoms with Crippen LogP contribution in [0.1, 0.15) is 29.6 Å². The van der Waals surface area contributed by atoms with Crippen LogP contribution in [0.2, 0.25) is 0 Å². The third-order valence-corrected chi connectivity index (χ3v) is 5.19. The molecule has 1 fully saturated rings. The molecule has 1 aromatic carbocycles. The molecule has 3 unspecified atom stereocenters. The van der Waals surface area contributed by atoms with Gasteiger partial charge in [0.1, 0.15) is 5.82 Å². The van der Waals surface area contributed by atoms with E-state index >= 15 is 0 Å².